The minimum Gasteiger partial charge on any atom is -0.479 e. The molecule has 122 valence electrons. The van der Waals surface area contributed by atoms with E-state index < -0.39 is 12.1 Å². The average Bonchev–Trinajstić information content (AvgIpc) is 2.62. The highest BCUT2D eigenvalue weighted by atomic mass is 16.6. The molecule has 0 amide bonds. The van der Waals surface area contributed by atoms with Crippen LogP contribution in [0.15, 0.2) is 66.7 Å². The number of fused-ring (bicyclic) bond motifs is 1. The molecular formula is C20H18O4. The molecule has 0 spiro atoms. The van der Waals surface area contributed by atoms with Gasteiger partial charge >= 0.3 is 5.97 Å². The highest BCUT2D eigenvalue weighted by Gasteiger charge is 2.14. The van der Waals surface area contributed by atoms with Crippen LogP contribution in [0.3, 0.4) is 0 Å². The summed E-state index contributed by atoms with van der Waals surface area (Å²) in [5.74, 6) is 1.64. The molecule has 4 nitrogen and oxygen atoms in total. The van der Waals surface area contributed by atoms with Crippen LogP contribution in [0.1, 0.15) is 6.92 Å². The zero-order chi connectivity index (χ0) is 16.9. The van der Waals surface area contributed by atoms with Crippen LogP contribution in [0.5, 0.6) is 17.2 Å². The monoisotopic (exact) mass is 322 g/mol. The molecule has 0 aliphatic rings. The molecule has 0 radical (unpaired) electrons. The predicted octanol–water partition coefficient (Wildman–Crippen LogP) is 4.57. The number of carbonyl (C=O) groups is 1. The molecule has 4 heteroatoms. The Morgan fingerprint density at radius 2 is 1.46 bits per heavy atom. The highest BCUT2D eigenvalue weighted by Crippen LogP contribution is 2.27. The summed E-state index contributed by atoms with van der Waals surface area (Å²) in [4.78, 5) is 11.4. The number of methoxy groups -OCH3 is 1. The Hall–Kier alpha value is -3.01. The Bertz CT molecular complexity index is 840. The lowest BCUT2D eigenvalue weighted by Gasteiger charge is -2.13. The lowest BCUT2D eigenvalue weighted by Crippen LogP contribution is -2.24. The van der Waals surface area contributed by atoms with Crippen molar-refractivity contribution in [1.29, 1.82) is 0 Å². The summed E-state index contributed by atoms with van der Waals surface area (Å²) < 4.78 is 16.0. The maximum atomic E-state index is 11.4. The van der Waals surface area contributed by atoms with Gasteiger partial charge in [0.15, 0.2) is 6.10 Å². The summed E-state index contributed by atoms with van der Waals surface area (Å²) in [7, 11) is 1.34. The van der Waals surface area contributed by atoms with Crippen LogP contribution in [0.25, 0.3) is 10.8 Å². The van der Waals surface area contributed by atoms with Gasteiger partial charge in [-0.1, -0.05) is 30.3 Å². The first-order valence-electron chi connectivity index (χ1n) is 7.67. The van der Waals surface area contributed by atoms with Gasteiger partial charge in [-0.05, 0) is 54.1 Å². The summed E-state index contributed by atoms with van der Waals surface area (Å²) in [5.41, 5.74) is 0. The fraction of sp³-hybridized carbons (Fsp3) is 0.150. The summed E-state index contributed by atoms with van der Waals surface area (Å²) in [6.45, 7) is 1.64. The first-order chi connectivity index (χ1) is 11.7. The van der Waals surface area contributed by atoms with Crippen LogP contribution in [0.2, 0.25) is 0 Å². The van der Waals surface area contributed by atoms with Gasteiger partial charge in [-0.3, -0.25) is 0 Å². The summed E-state index contributed by atoms with van der Waals surface area (Å²) in [6, 6.07) is 21.2. The largest absolute Gasteiger partial charge is 0.479 e. The third-order valence-corrected chi connectivity index (χ3v) is 3.63. The first kappa shape index (κ1) is 15.9. The normalized spacial score (nSPS) is 11.8. The zero-order valence-corrected chi connectivity index (χ0v) is 13.6. The van der Waals surface area contributed by atoms with E-state index in [9.17, 15) is 4.79 Å². The lowest BCUT2D eigenvalue weighted by atomic mass is 10.1. The van der Waals surface area contributed by atoms with Crippen molar-refractivity contribution in [3.8, 4) is 17.2 Å². The summed E-state index contributed by atoms with van der Waals surface area (Å²) in [6.07, 6.45) is -0.651. The van der Waals surface area contributed by atoms with Crippen LogP contribution in [0.4, 0.5) is 0 Å². The van der Waals surface area contributed by atoms with Crippen molar-refractivity contribution in [2.24, 2.45) is 0 Å². The Balaban J connectivity index is 1.70. The first-order valence-corrected chi connectivity index (χ1v) is 7.67. The Kier molecular flexibility index (Phi) is 4.66. The van der Waals surface area contributed by atoms with Gasteiger partial charge in [-0.25, -0.2) is 4.79 Å². The molecule has 24 heavy (non-hydrogen) atoms. The van der Waals surface area contributed by atoms with E-state index in [4.69, 9.17) is 9.47 Å². The number of carbonyl (C=O) groups excluding carboxylic acids is 1. The number of esters is 1. The quantitative estimate of drug-likeness (QED) is 0.645. The molecule has 0 N–H and O–H groups in total. The van der Waals surface area contributed by atoms with Crippen molar-refractivity contribution >= 4 is 16.7 Å². The third kappa shape index (κ3) is 3.66. The molecule has 0 aliphatic carbocycles. The molecule has 3 aromatic carbocycles. The maximum Gasteiger partial charge on any atom is 0.346 e. The van der Waals surface area contributed by atoms with Gasteiger partial charge < -0.3 is 14.2 Å². The van der Waals surface area contributed by atoms with E-state index in [0.29, 0.717) is 11.5 Å². The molecular weight excluding hydrogens is 304 g/mol. The predicted molar refractivity (Wildman–Crippen MR) is 92.6 cm³/mol. The van der Waals surface area contributed by atoms with Gasteiger partial charge in [0.2, 0.25) is 0 Å². The standard InChI is InChI=1S/C20H18O4/c1-14(20(21)22-2)23-17-9-11-18(12-10-17)24-19-8-7-15-5-3-4-6-16(15)13-19/h3-14H,1-2H3. The maximum absolute atomic E-state index is 11.4. The highest BCUT2D eigenvalue weighted by molar-refractivity contribution is 5.83. The molecule has 3 rings (SSSR count). The van der Waals surface area contributed by atoms with Crippen molar-refractivity contribution in [2.75, 3.05) is 7.11 Å². The van der Waals surface area contributed by atoms with Crippen LogP contribution in [-0.4, -0.2) is 19.2 Å². The minimum absolute atomic E-state index is 0.411. The van der Waals surface area contributed by atoms with Gasteiger partial charge in [0, 0.05) is 0 Å². The van der Waals surface area contributed by atoms with E-state index in [1.54, 1.807) is 31.2 Å². The molecule has 0 bridgehead atoms. The number of rotatable bonds is 5. The molecule has 0 heterocycles. The van der Waals surface area contributed by atoms with E-state index in [1.165, 1.54) is 12.5 Å². The van der Waals surface area contributed by atoms with E-state index in [-0.39, 0.29) is 0 Å². The van der Waals surface area contributed by atoms with Gasteiger partial charge in [-0.15, -0.1) is 0 Å². The second kappa shape index (κ2) is 7.04. The molecule has 1 atom stereocenters. The van der Waals surface area contributed by atoms with Crippen molar-refractivity contribution < 1.29 is 19.0 Å². The van der Waals surface area contributed by atoms with E-state index >= 15 is 0 Å². The molecule has 0 saturated heterocycles. The zero-order valence-electron chi connectivity index (χ0n) is 13.6. The van der Waals surface area contributed by atoms with E-state index in [2.05, 4.69) is 10.8 Å². The second-order valence-corrected chi connectivity index (χ2v) is 5.37. The third-order valence-electron chi connectivity index (χ3n) is 3.63. The van der Waals surface area contributed by atoms with Crippen molar-refractivity contribution in [3.05, 3.63) is 66.7 Å². The average molecular weight is 322 g/mol. The summed E-state index contributed by atoms with van der Waals surface area (Å²) in [5, 5.41) is 2.30. The Morgan fingerprint density at radius 1 is 0.833 bits per heavy atom. The number of ether oxygens (including phenoxy) is 3. The SMILES string of the molecule is COC(=O)C(C)Oc1ccc(Oc2ccc3ccccc3c2)cc1. The van der Waals surface area contributed by atoms with Crippen molar-refractivity contribution in [2.45, 2.75) is 13.0 Å². The van der Waals surface area contributed by atoms with Gasteiger partial charge in [0.1, 0.15) is 17.2 Å². The van der Waals surface area contributed by atoms with Crippen LogP contribution >= 0.6 is 0 Å². The van der Waals surface area contributed by atoms with Crippen molar-refractivity contribution in [1.82, 2.24) is 0 Å². The number of benzene rings is 3. The van der Waals surface area contributed by atoms with Gasteiger partial charge in [-0.2, -0.15) is 0 Å². The van der Waals surface area contributed by atoms with Crippen LogP contribution in [0, 0.1) is 0 Å². The fourth-order valence-corrected chi connectivity index (χ4v) is 2.37. The van der Waals surface area contributed by atoms with Crippen LogP contribution < -0.4 is 9.47 Å². The Labute approximate surface area is 140 Å². The molecule has 0 fully saturated rings. The lowest BCUT2D eigenvalue weighted by molar-refractivity contribution is -0.147. The van der Waals surface area contributed by atoms with Crippen molar-refractivity contribution in [3.63, 3.8) is 0 Å². The Morgan fingerprint density at radius 3 is 2.17 bits per heavy atom. The van der Waals surface area contributed by atoms with E-state index in [1.807, 2.05) is 36.4 Å². The molecule has 3 aromatic rings. The molecule has 0 saturated carbocycles. The summed E-state index contributed by atoms with van der Waals surface area (Å²) >= 11 is 0. The molecule has 0 aliphatic heterocycles. The fourth-order valence-electron chi connectivity index (χ4n) is 2.37. The van der Waals surface area contributed by atoms with Gasteiger partial charge in [0.25, 0.3) is 0 Å². The number of hydrogen-bond donors (Lipinski definition) is 0. The smallest absolute Gasteiger partial charge is 0.346 e. The van der Waals surface area contributed by atoms with E-state index in [0.717, 1.165) is 11.1 Å². The van der Waals surface area contributed by atoms with Gasteiger partial charge in [0.05, 0.1) is 7.11 Å². The second-order valence-electron chi connectivity index (χ2n) is 5.37. The topological polar surface area (TPSA) is 44.8 Å². The number of hydrogen-bond acceptors (Lipinski definition) is 4. The van der Waals surface area contributed by atoms with Crippen LogP contribution in [-0.2, 0) is 9.53 Å². The molecule has 0 aromatic heterocycles. The minimum atomic E-state index is -0.651. The molecule has 1 unspecified atom stereocenters.